The van der Waals surface area contributed by atoms with Crippen LogP contribution in [0.15, 0.2) is 30.7 Å². The van der Waals surface area contributed by atoms with Crippen molar-refractivity contribution in [3.63, 3.8) is 0 Å². The zero-order valence-corrected chi connectivity index (χ0v) is 10.6. The fourth-order valence-corrected chi connectivity index (χ4v) is 2.16. The molecular formula is C14H16N2O2. The van der Waals surface area contributed by atoms with Gasteiger partial charge in [-0.1, -0.05) is 32.0 Å². The monoisotopic (exact) mass is 244 g/mol. The van der Waals surface area contributed by atoms with Gasteiger partial charge in [-0.15, -0.1) is 0 Å². The van der Waals surface area contributed by atoms with Gasteiger partial charge in [-0.25, -0.2) is 9.78 Å². The number of carboxylic acids is 1. The molecule has 0 saturated heterocycles. The molecule has 0 unspecified atom stereocenters. The number of nitrogens with zero attached hydrogens (tertiary/aromatic N) is 2. The molecule has 0 saturated carbocycles. The van der Waals surface area contributed by atoms with Crippen LogP contribution in [0.5, 0.6) is 0 Å². The molecule has 0 spiro atoms. The number of aryl methyl sites for hydroxylation is 2. The van der Waals surface area contributed by atoms with Crippen molar-refractivity contribution in [2.75, 3.05) is 0 Å². The summed E-state index contributed by atoms with van der Waals surface area (Å²) in [4.78, 5) is 15.1. The summed E-state index contributed by atoms with van der Waals surface area (Å²) in [6.07, 6.45) is 4.67. The third-order valence-corrected chi connectivity index (χ3v) is 3.06. The first-order valence-electron chi connectivity index (χ1n) is 6.05. The lowest BCUT2D eigenvalue weighted by molar-refractivity contribution is 0.0688. The minimum atomic E-state index is -0.958. The molecule has 4 heteroatoms. The Kier molecular flexibility index (Phi) is 3.46. The van der Waals surface area contributed by atoms with Crippen molar-refractivity contribution < 1.29 is 9.90 Å². The predicted molar refractivity (Wildman–Crippen MR) is 69.3 cm³/mol. The maximum atomic E-state index is 11.2. The van der Waals surface area contributed by atoms with E-state index >= 15 is 0 Å². The van der Waals surface area contributed by atoms with Gasteiger partial charge in [0.1, 0.15) is 0 Å². The van der Waals surface area contributed by atoms with Crippen molar-refractivity contribution in [2.24, 2.45) is 0 Å². The Labute approximate surface area is 106 Å². The maximum absolute atomic E-state index is 11.2. The molecule has 2 aromatic rings. The summed E-state index contributed by atoms with van der Waals surface area (Å²) < 4.78 is 1.67. The van der Waals surface area contributed by atoms with Crippen molar-refractivity contribution >= 4 is 5.97 Å². The van der Waals surface area contributed by atoms with Crippen molar-refractivity contribution in [1.29, 1.82) is 0 Å². The Hall–Kier alpha value is -2.10. The van der Waals surface area contributed by atoms with Gasteiger partial charge in [0, 0.05) is 0 Å². The molecule has 94 valence electrons. The highest BCUT2D eigenvalue weighted by Crippen LogP contribution is 2.22. The number of hydrogen-bond acceptors (Lipinski definition) is 2. The SMILES string of the molecule is CCc1cccc(CC)c1-n1cncc1C(=O)O. The number of imidazole rings is 1. The summed E-state index contributed by atoms with van der Waals surface area (Å²) in [5.74, 6) is -0.958. The van der Waals surface area contributed by atoms with Crippen LogP contribution in [0.4, 0.5) is 0 Å². The predicted octanol–water partition coefficient (Wildman–Crippen LogP) is 2.70. The molecule has 2 rings (SSSR count). The van der Waals surface area contributed by atoms with Crippen molar-refractivity contribution in [1.82, 2.24) is 9.55 Å². The number of carboxylic acid groups (broad SMARTS) is 1. The highest BCUT2D eigenvalue weighted by molar-refractivity contribution is 5.86. The summed E-state index contributed by atoms with van der Waals surface area (Å²) in [5.41, 5.74) is 3.42. The number of hydrogen-bond donors (Lipinski definition) is 1. The van der Waals surface area contributed by atoms with E-state index in [2.05, 4.69) is 18.8 Å². The summed E-state index contributed by atoms with van der Waals surface area (Å²) in [7, 11) is 0. The second-order valence-electron chi connectivity index (χ2n) is 4.09. The maximum Gasteiger partial charge on any atom is 0.354 e. The van der Waals surface area contributed by atoms with Gasteiger partial charge in [0.25, 0.3) is 0 Å². The molecule has 4 nitrogen and oxygen atoms in total. The number of carbonyl (C=O) groups is 1. The molecule has 0 atom stereocenters. The second-order valence-corrected chi connectivity index (χ2v) is 4.09. The fourth-order valence-electron chi connectivity index (χ4n) is 2.16. The zero-order chi connectivity index (χ0) is 13.1. The normalized spacial score (nSPS) is 10.6. The Morgan fingerprint density at radius 1 is 1.28 bits per heavy atom. The van der Waals surface area contributed by atoms with Crippen molar-refractivity contribution in [3.05, 3.63) is 47.5 Å². The molecule has 0 fully saturated rings. The van der Waals surface area contributed by atoms with Crippen LogP contribution < -0.4 is 0 Å². The zero-order valence-electron chi connectivity index (χ0n) is 10.6. The fraction of sp³-hybridized carbons (Fsp3) is 0.286. The molecule has 0 aliphatic carbocycles. The van der Waals surface area contributed by atoms with Crippen LogP contribution in [0.1, 0.15) is 35.5 Å². The van der Waals surface area contributed by atoms with E-state index in [1.54, 1.807) is 10.9 Å². The first-order valence-corrected chi connectivity index (χ1v) is 6.05. The van der Waals surface area contributed by atoms with Crippen LogP contribution in [-0.2, 0) is 12.8 Å². The number of rotatable bonds is 4. The number of benzene rings is 1. The van der Waals surface area contributed by atoms with E-state index < -0.39 is 5.97 Å². The first kappa shape index (κ1) is 12.4. The van der Waals surface area contributed by atoms with Gasteiger partial charge in [0.15, 0.2) is 5.69 Å². The largest absolute Gasteiger partial charge is 0.477 e. The Bertz CT molecular complexity index is 551. The van der Waals surface area contributed by atoms with Gasteiger partial charge in [0.05, 0.1) is 18.2 Å². The highest BCUT2D eigenvalue weighted by Gasteiger charge is 2.15. The van der Waals surface area contributed by atoms with Crippen LogP contribution in [0.3, 0.4) is 0 Å². The topological polar surface area (TPSA) is 55.1 Å². The Balaban J connectivity index is 2.69. The molecule has 1 N–H and O–H groups in total. The molecule has 0 amide bonds. The molecule has 0 radical (unpaired) electrons. The first-order chi connectivity index (χ1) is 8.69. The van der Waals surface area contributed by atoms with E-state index in [1.807, 2.05) is 18.2 Å². The Morgan fingerprint density at radius 2 is 1.89 bits per heavy atom. The van der Waals surface area contributed by atoms with E-state index in [9.17, 15) is 9.90 Å². The Morgan fingerprint density at radius 3 is 2.39 bits per heavy atom. The molecule has 0 bridgehead atoms. The van der Waals surface area contributed by atoms with Gasteiger partial charge in [0.2, 0.25) is 0 Å². The second kappa shape index (κ2) is 5.04. The van der Waals surface area contributed by atoms with E-state index in [-0.39, 0.29) is 5.69 Å². The van der Waals surface area contributed by atoms with Gasteiger partial charge < -0.3 is 5.11 Å². The lowest BCUT2D eigenvalue weighted by atomic mass is 10.0. The van der Waals surface area contributed by atoms with Gasteiger partial charge in [-0.3, -0.25) is 4.57 Å². The lowest BCUT2D eigenvalue weighted by Gasteiger charge is -2.15. The highest BCUT2D eigenvalue weighted by atomic mass is 16.4. The van der Waals surface area contributed by atoms with Crippen LogP contribution in [0.2, 0.25) is 0 Å². The number of para-hydroxylation sites is 1. The minimum absolute atomic E-state index is 0.200. The third-order valence-electron chi connectivity index (χ3n) is 3.06. The molecule has 1 aromatic heterocycles. The van der Waals surface area contributed by atoms with E-state index in [4.69, 9.17) is 0 Å². The summed E-state index contributed by atoms with van der Waals surface area (Å²) >= 11 is 0. The van der Waals surface area contributed by atoms with Gasteiger partial charge in [-0.2, -0.15) is 0 Å². The molecular weight excluding hydrogens is 228 g/mol. The summed E-state index contributed by atoms with van der Waals surface area (Å²) in [6, 6.07) is 6.07. The molecule has 0 aliphatic rings. The van der Waals surface area contributed by atoms with E-state index in [0.717, 1.165) is 29.7 Å². The summed E-state index contributed by atoms with van der Waals surface area (Å²) in [6.45, 7) is 4.13. The van der Waals surface area contributed by atoms with Crippen LogP contribution in [0, 0.1) is 0 Å². The van der Waals surface area contributed by atoms with Crippen LogP contribution >= 0.6 is 0 Å². The number of aromatic nitrogens is 2. The summed E-state index contributed by atoms with van der Waals surface area (Å²) in [5, 5.41) is 9.18. The van der Waals surface area contributed by atoms with Gasteiger partial charge in [-0.05, 0) is 24.0 Å². The van der Waals surface area contributed by atoms with Gasteiger partial charge >= 0.3 is 5.97 Å². The minimum Gasteiger partial charge on any atom is -0.477 e. The average molecular weight is 244 g/mol. The van der Waals surface area contributed by atoms with Crippen molar-refractivity contribution in [2.45, 2.75) is 26.7 Å². The standard InChI is InChI=1S/C14H16N2O2/c1-3-10-6-5-7-11(4-2)13(10)16-9-15-8-12(16)14(17)18/h5-9H,3-4H2,1-2H3,(H,17,18). The lowest BCUT2D eigenvalue weighted by Crippen LogP contribution is -2.10. The number of aromatic carboxylic acids is 1. The quantitative estimate of drug-likeness (QED) is 0.899. The molecule has 1 aromatic carbocycles. The van der Waals surface area contributed by atoms with E-state index in [0.29, 0.717) is 0 Å². The van der Waals surface area contributed by atoms with E-state index in [1.165, 1.54) is 6.20 Å². The van der Waals surface area contributed by atoms with Crippen molar-refractivity contribution in [3.8, 4) is 5.69 Å². The molecule has 0 aliphatic heterocycles. The van der Waals surface area contributed by atoms with Crippen LogP contribution in [-0.4, -0.2) is 20.6 Å². The smallest absolute Gasteiger partial charge is 0.354 e. The molecule has 18 heavy (non-hydrogen) atoms. The third kappa shape index (κ3) is 2.01. The van der Waals surface area contributed by atoms with Crippen LogP contribution in [0.25, 0.3) is 5.69 Å². The average Bonchev–Trinajstić information content (AvgIpc) is 2.86. The molecule has 1 heterocycles.